The van der Waals surface area contributed by atoms with E-state index in [1.165, 1.54) is 82.6 Å². The third-order valence-electron chi connectivity index (χ3n) is 3.91. The Hall–Kier alpha value is 0.220. The van der Waals surface area contributed by atoms with E-state index in [1.54, 1.807) is 0 Å². The number of hydrogen-bond donors (Lipinski definition) is 0. The zero-order valence-electron chi connectivity index (χ0n) is 14.9. The minimum Gasteiger partial charge on any atom is -1.00 e. The van der Waals surface area contributed by atoms with E-state index in [1.807, 2.05) is 0 Å². The van der Waals surface area contributed by atoms with Crippen LogP contribution in [-0.2, 0) is 6.42 Å². The molecule has 1 aromatic rings. The predicted molar refractivity (Wildman–Crippen MR) is 87.7 cm³/mol. The van der Waals surface area contributed by atoms with Crippen molar-refractivity contribution in [2.75, 3.05) is 0 Å². The van der Waals surface area contributed by atoms with E-state index in [0.29, 0.717) is 0 Å². The van der Waals surface area contributed by atoms with E-state index in [9.17, 15) is 0 Å². The largest absolute Gasteiger partial charge is 1.00 e. The van der Waals surface area contributed by atoms with Gasteiger partial charge in [-0.25, -0.2) is 0 Å². The Balaban J connectivity index is 0. The molecule has 0 heterocycles. The summed E-state index contributed by atoms with van der Waals surface area (Å²) < 4.78 is 0. The molecule has 0 radical (unpaired) electrons. The van der Waals surface area contributed by atoms with Crippen LogP contribution >= 0.6 is 0 Å². The molecule has 0 bridgehead atoms. The molecule has 1 rings (SSSR count). The molecule has 0 spiro atoms. The van der Waals surface area contributed by atoms with Crippen LogP contribution in [-0.4, -0.2) is 0 Å². The van der Waals surface area contributed by atoms with Crippen LogP contribution in [0.5, 0.6) is 0 Å². The molecule has 0 fully saturated rings. The van der Waals surface area contributed by atoms with Crippen molar-refractivity contribution in [1.82, 2.24) is 0 Å². The van der Waals surface area contributed by atoms with Gasteiger partial charge in [0.05, 0.1) is 0 Å². The zero-order chi connectivity index (χ0) is 13.6. The SMILES string of the molecule is CCCCCCCCCCCCCc1ccccc1.[H-].[Na+]. The standard InChI is InChI=1S/C19H32.Na.H/c1-2-3-4-5-6-7-8-9-10-11-13-16-19-17-14-12-15-18-19;;/h12,14-15,17-18H,2-11,13,16H2,1H3;;/q;+1;-1. The van der Waals surface area contributed by atoms with Gasteiger partial charge in [0.1, 0.15) is 0 Å². The Kier molecular flexibility index (Phi) is 15.8. The molecule has 0 nitrogen and oxygen atoms in total. The van der Waals surface area contributed by atoms with Gasteiger partial charge < -0.3 is 1.43 Å². The fourth-order valence-corrected chi connectivity index (χ4v) is 2.64. The fourth-order valence-electron chi connectivity index (χ4n) is 2.64. The summed E-state index contributed by atoms with van der Waals surface area (Å²) in [4.78, 5) is 0. The van der Waals surface area contributed by atoms with Gasteiger partial charge in [-0.3, -0.25) is 0 Å². The Labute approximate surface area is 150 Å². The van der Waals surface area contributed by atoms with Gasteiger partial charge in [-0.1, -0.05) is 101 Å². The summed E-state index contributed by atoms with van der Waals surface area (Å²) in [7, 11) is 0. The second-order valence-electron chi connectivity index (χ2n) is 5.77. The van der Waals surface area contributed by atoms with Crippen LogP contribution < -0.4 is 29.6 Å². The summed E-state index contributed by atoms with van der Waals surface area (Å²) in [5.74, 6) is 0. The molecule has 20 heavy (non-hydrogen) atoms. The summed E-state index contributed by atoms with van der Waals surface area (Å²) in [5, 5.41) is 0. The minimum absolute atomic E-state index is 0. The van der Waals surface area contributed by atoms with Crippen LogP contribution in [0, 0.1) is 0 Å². The number of aryl methyl sites for hydroxylation is 1. The van der Waals surface area contributed by atoms with Gasteiger partial charge in [0, 0.05) is 0 Å². The summed E-state index contributed by atoms with van der Waals surface area (Å²) >= 11 is 0. The number of rotatable bonds is 12. The van der Waals surface area contributed by atoms with E-state index in [2.05, 4.69) is 37.3 Å². The number of unbranched alkanes of at least 4 members (excludes halogenated alkanes) is 10. The third kappa shape index (κ3) is 12.0. The first kappa shape index (κ1) is 20.2. The van der Waals surface area contributed by atoms with Gasteiger partial charge in [-0.05, 0) is 18.4 Å². The third-order valence-corrected chi connectivity index (χ3v) is 3.91. The molecular formula is C19H33Na. The zero-order valence-corrected chi connectivity index (χ0v) is 15.9. The molecule has 0 amide bonds. The van der Waals surface area contributed by atoms with Crippen molar-refractivity contribution in [3.05, 3.63) is 35.9 Å². The minimum atomic E-state index is 0. The summed E-state index contributed by atoms with van der Waals surface area (Å²) in [6.07, 6.45) is 17.0. The molecule has 110 valence electrons. The van der Waals surface area contributed by atoms with E-state index in [-0.39, 0.29) is 31.0 Å². The van der Waals surface area contributed by atoms with Crippen molar-refractivity contribution in [2.24, 2.45) is 0 Å². The molecule has 0 unspecified atom stereocenters. The van der Waals surface area contributed by atoms with Gasteiger partial charge >= 0.3 is 29.6 Å². The maximum absolute atomic E-state index is 2.29. The van der Waals surface area contributed by atoms with Crippen LogP contribution in [0.15, 0.2) is 30.3 Å². The summed E-state index contributed by atoms with van der Waals surface area (Å²) in [6.45, 7) is 2.29. The van der Waals surface area contributed by atoms with Crippen molar-refractivity contribution < 1.29 is 31.0 Å². The van der Waals surface area contributed by atoms with Gasteiger partial charge in [0.25, 0.3) is 0 Å². The average molecular weight is 284 g/mol. The van der Waals surface area contributed by atoms with Crippen LogP contribution in [0.3, 0.4) is 0 Å². The average Bonchev–Trinajstić information content (AvgIpc) is 2.46. The Morgan fingerprint density at radius 3 is 1.60 bits per heavy atom. The Morgan fingerprint density at radius 1 is 0.650 bits per heavy atom. The van der Waals surface area contributed by atoms with Crippen molar-refractivity contribution in [3.8, 4) is 0 Å². The van der Waals surface area contributed by atoms with Crippen LogP contribution in [0.2, 0.25) is 0 Å². The predicted octanol–water partition coefficient (Wildman–Crippen LogP) is 3.66. The van der Waals surface area contributed by atoms with E-state index < -0.39 is 0 Å². The van der Waals surface area contributed by atoms with Crippen LogP contribution in [0.4, 0.5) is 0 Å². The maximum atomic E-state index is 2.29. The molecular weight excluding hydrogens is 251 g/mol. The molecule has 0 atom stereocenters. The maximum Gasteiger partial charge on any atom is 1.00 e. The first-order valence-corrected chi connectivity index (χ1v) is 8.47. The fraction of sp³-hybridized carbons (Fsp3) is 0.684. The van der Waals surface area contributed by atoms with E-state index in [0.717, 1.165) is 0 Å². The molecule has 0 saturated heterocycles. The normalized spacial score (nSPS) is 10.2. The van der Waals surface area contributed by atoms with Crippen LogP contribution in [0.1, 0.15) is 84.5 Å². The van der Waals surface area contributed by atoms with E-state index >= 15 is 0 Å². The van der Waals surface area contributed by atoms with Crippen LogP contribution in [0.25, 0.3) is 0 Å². The number of hydrogen-bond acceptors (Lipinski definition) is 0. The summed E-state index contributed by atoms with van der Waals surface area (Å²) in [5.41, 5.74) is 1.50. The second kappa shape index (κ2) is 15.6. The molecule has 0 aliphatic rings. The molecule has 0 aliphatic heterocycles. The van der Waals surface area contributed by atoms with Crippen molar-refractivity contribution in [1.29, 1.82) is 0 Å². The summed E-state index contributed by atoms with van der Waals surface area (Å²) in [6, 6.07) is 10.9. The van der Waals surface area contributed by atoms with E-state index in [4.69, 9.17) is 0 Å². The first-order chi connectivity index (χ1) is 9.43. The van der Waals surface area contributed by atoms with Crippen molar-refractivity contribution in [3.63, 3.8) is 0 Å². The molecule has 0 aliphatic carbocycles. The van der Waals surface area contributed by atoms with Gasteiger partial charge in [0.2, 0.25) is 0 Å². The van der Waals surface area contributed by atoms with Gasteiger partial charge in [0.15, 0.2) is 0 Å². The molecule has 0 N–H and O–H groups in total. The van der Waals surface area contributed by atoms with Gasteiger partial charge in [-0.15, -0.1) is 0 Å². The first-order valence-electron chi connectivity index (χ1n) is 8.47. The molecule has 0 aromatic heterocycles. The molecule has 0 saturated carbocycles. The Bertz CT molecular complexity index is 287. The molecule has 1 aromatic carbocycles. The smallest absolute Gasteiger partial charge is 1.00 e. The monoisotopic (exact) mass is 284 g/mol. The van der Waals surface area contributed by atoms with Crippen molar-refractivity contribution >= 4 is 0 Å². The quantitative estimate of drug-likeness (QED) is 0.406. The molecule has 1 heteroatoms. The Morgan fingerprint density at radius 2 is 1.10 bits per heavy atom. The second-order valence-corrected chi connectivity index (χ2v) is 5.77. The number of benzene rings is 1. The van der Waals surface area contributed by atoms with Crippen molar-refractivity contribution in [2.45, 2.75) is 84.0 Å². The topological polar surface area (TPSA) is 0 Å². The van der Waals surface area contributed by atoms with Gasteiger partial charge in [-0.2, -0.15) is 0 Å².